The first-order valence-electron chi connectivity index (χ1n) is 25.6. The number of carbonyl (C=O) groups is 2. The molecule has 8 heteroatoms. The van der Waals surface area contributed by atoms with Crippen LogP contribution in [0.1, 0.15) is 268 Å². The molecule has 0 aliphatic carbocycles. The maximum atomic E-state index is 14.2. The molecule has 0 spiro atoms. The molecule has 0 unspecified atom stereocenters. The molecule has 2 aliphatic rings. The predicted molar refractivity (Wildman–Crippen MR) is 246 cm³/mol. The SMILES string of the molecule is CCCCCCCCCCCCON1C(C)(C)CC(C(CCCCCCCC(=O)[O-])(C(=O)[O-])C2CC(C)(C)N(OCCCCCCCCCCCC)C(C)(C)C2)CC1(C)C. The Kier molecular flexibility index (Phi) is 25.5. The van der Waals surface area contributed by atoms with Crippen molar-refractivity contribution in [3.63, 3.8) is 0 Å². The highest BCUT2D eigenvalue weighted by atomic mass is 16.7. The van der Waals surface area contributed by atoms with Gasteiger partial charge in [0.05, 0.1) is 13.2 Å². The maximum Gasteiger partial charge on any atom is 0.0685 e. The fraction of sp³-hybridized carbons (Fsp3) is 0.962. The molecule has 354 valence electrons. The van der Waals surface area contributed by atoms with Crippen molar-refractivity contribution in [1.29, 1.82) is 0 Å². The van der Waals surface area contributed by atoms with E-state index in [0.29, 0.717) is 26.1 Å². The van der Waals surface area contributed by atoms with Gasteiger partial charge in [0.1, 0.15) is 0 Å². The largest absolute Gasteiger partial charge is 0.550 e. The summed E-state index contributed by atoms with van der Waals surface area (Å²) in [7, 11) is 0. The van der Waals surface area contributed by atoms with Crippen LogP contribution >= 0.6 is 0 Å². The summed E-state index contributed by atoms with van der Waals surface area (Å²) in [5.74, 6) is -2.07. The number of hydrogen-bond donors (Lipinski definition) is 0. The first-order chi connectivity index (χ1) is 28.4. The van der Waals surface area contributed by atoms with E-state index >= 15 is 0 Å². The molecular weight excluding hydrogens is 749 g/mol. The van der Waals surface area contributed by atoms with Gasteiger partial charge in [0, 0.05) is 39.5 Å². The number of piperidine rings is 2. The summed E-state index contributed by atoms with van der Waals surface area (Å²) in [6.45, 7) is 23.9. The number of nitrogens with zero attached hydrogens (tertiary/aromatic N) is 2. The molecular formula is C52H98N2O6-2. The van der Waals surface area contributed by atoms with E-state index in [1.807, 2.05) is 0 Å². The van der Waals surface area contributed by atoms with Gasteiger partial charge >= 0.3 is 0 Å². The fourth-order valence-corrected chi connectivity index (χ4v) is 11.8. The highest BCUT2D eigenvalue weighted by molar-refractivity contribution is 5.73. The van der Waals surface area contributed by atoms with Crippen molar-refractivity contribution in [2.45, 2.75) is 290 Å². The van der Waals surface area contributed by atoms with Crippen LogP contribution in [0.2, 0.25) is 0 Å². The number of carboxylic acids is 2. The molecule has 2 aliphatic heterocycles. The zero-order valence-corrected chi connectivity index (χ0v) is 41.3. The van der Waals surface area contributed by atoms with Gasteiger partial charge in [-0.2, -0.15) is 10.1 Å². The minimum atomic E-state index is -1.01. The Labute approximate surface area is 371 Å². The molecule has 0 amide bonds. The fourth-order valence-electron chi connectivity index (χ4n) is 11.8. The second-order valence-electron chi connectivity index (χ2n) is 22.0. The number of aliphatic carboxylic acids is 2. The van der Waals surface area contributed by atoms with E-state index in [-0.39, 0.29) is 40.4 Å². The molecule has 0 bridgehead atoms. The van der Waals surface area contributed by atoms with Crippen molar-refractivity contribution in [2.24, 2.45) is 17.3 Å². The van der Waals surface area contributed by atoms with E-state index in [1.54, 1.807) is 0 Å². The van der Waals surface area contributed by atoms with Gasteiger partial charge in [0.15, 0.2) is 0 Å². The molecule has 2 fully saturated rings. The van der Waals surface area contributed by atoms with Crippen LogP contribution in [0.15, 0.2) is 0 Å². The van der Waals surface area contributed by atoms with E-state index in [1.165, 1.54) is 116 Å². The molecule has 0 atom stereocenters. The van der Waals surface area contributed by atoms with Gasteiger partial charge < -0.3 is 19.8 Å². The van der Waals surface area contributed by atoms with E-state index in [9.17, 15) is 19.8 Å². The summed E-state index contributed by atoms with van der Waals surface area (Å²) >= 11 is 0. The average molecular weight is 847 g/mol. The molecule has 0 saturated carbocycles. The topological polar surface area (TPSA) is 105 Å². The minimum Gasteiger partial charge on any atom is -0.550 e. The summed E-state index contributed by atoms with van der Waals surface area (Å²) in [5.41, 5.74) is -2.46. The van der Waals surface area contributed by atoms with Gasteiger partial charge in [0.25, 0.3) is 0 Å². The molecule has 2 rings (SSSR count). The van der Waals surface area contributed by atoms with Crippen molar-refractivity contribution >= 4 is 11.9 Å². The highest BCUT2D eigenvalue weighted by Gasteiger charge is 2.59. The zero-order valence-electron chi connectivity index (χ0n) is 41.3. The monoisotopic (exact) mass is 847 g/mol. The summed E-state index contributed by atoms with van der Waals surface area (Å²) in [6, 6.07) is 0. The van der Waals surface area contributed by atoms with Gasteiger partial charge in [-0.1, -0.05) is 155 Å². The van der Waals surface area contributed by atoms with Crippen LogP contribution in [-0.2, 0) is 19.3 Å². The lowest BCUT2D eigenvalue weighted by molar-refractivity contribution is -0.343. The van der Waals surface area contributed by atoms with Gasteiger partial charge in [-0.05, 0) is 125 Å². The van der Waals surface area contributed by atoms with Crippen LogP contribution in [0, 0.1) is 17.3 Å². The third-order valence-corrected chi connectivity index (χ3v) is 14.4. The Morgan fingerprint density at radius 2 is 0.750 bits per heavy atom. The number of rotatable bonds is 35. The van der Waals surface area contributed by atoms with Crippen molar-refractivity contribution in [3.8, 4) is 0 Å². The molecule has 0 radical (unpaired) electrons. The van der Waals surface area contributed by atoms with E-state index in [2.05, 4.69) is 79.4 Å². The number of hydroxylamine groups is 4. The molecule has 8 nitrogen and oxygen atoms in total. The Hall–Kier alpha value is -1.22. The molecule has 2 saturated heterocycles. The highest BCUT2D eigenvalue weighted by Crippen LogP contribution is 2.58. The molecule has 0 aromatic rings. The number of unbranched alkanes of at least 4 members (excludes halogenated alkanes) is 22. The standard InChI is InChI=1S/C52H100N2O6/c1-11-13-15-17-19-21-23-25-30-34-38-59-53-48(3,4)40-44(41-49(53,5)6)52(47(57)58,37-33-29-27-28-32-36-46(55)56)45-42-50(7,8)54(51(9,10)43-45)60-39-35-31-26-24-22-20-18-16-14-12-2/h44-45H,11-43H2,1-10H3,(H,55,56)(H,57,58)/p-2. The van der Waals surface area contributed by atoms with Gasteiger partial charge in [-0.25, -0.2) is 0 Å². The zero-order chi connectivity index (χ0) is 44.7. The van der Waals surface area contributed by atoms with Crippen LogP contribution in [0.4, 0.5) is 0 Å². The van der Waals surface area contributed by atoms with Crippen LogP contribution in [0.25, 0.3) is 0 Å². The molecule has 60 heavy (non-hydrogen) atoms. The Balaban J connectivity index is 2.17. The van der Waals surface area contributed by atoms with E-state index < -0.39 is 17.4 Å². The normalized spacial score (nSPS) is 19.8. The van der Waals surface area contributed by atoms with Crippen molar-refractivity contribution in [1.82, 2.24) is 10.1 Å². The summed E-state index contributed by atoms with van der Waals surface area (Å²) in [4.78, 5) is 38.5. The van der Waals surface area contributed by atoms with Gasteiger partial charge in [0.2, 0.25) is 0 Å². The van der Waals surface area contributed by atoms with E-state index in [0.717, 1.165) is 64.2 Å². The number of hydrogen-bond acceptors (Lipinski definition) is 8. The van der Waals surface area contributed by atoms with Crippen LogP contribution in [0.5, 0.6) is 0 Å². The van der Waals surface area contributed by atoms with Gasteiger partial charge in [-0.15, -0.1) is 0 Å². The first-order valence-corrected chi connectivity index (χ1v) is 25.6. The van der Waals surface area contributed by atoms with Crippen LogP contribution < -0.4 is 10.2 Å². The van der Waals surface area contributed by atoms with Gasteiger partial charge in [-0.3, -0.25) is 9.68 Å². The number of carboxylic acid groups (broad SMARTS) is 2. The lowest BCUT2D eigenvalue weighted by atomic mass is 9.52. The third-order valence-electron chi connectivity index (χ3n) is 14.4. The smallest absolute Gasteiger partial charge is 0.0685 e. The summed E-state index contributed by atoms with van der Waals surface area (Å²) in [6.07, 6.45) is 33.3. The second-order valence-corrected chi connectivity index (χ2v) is 22.0. The molecule has 0 aromatic carbocycles. The molecule has 0 aromatic heterocycles. The van der Waals surface area contributed by atoms with Crippen molar-refractivity contribution in [3.05, 3.63) is 0 Å². The van der Waals surface area contributed by atoms with Crippen molar-refractivity contribution < 1.29 is 29.5 Å². The minimum absolute atomic E-state index is 0.0803. The molecule has 2 heterocycles. The maximum absolute atomic E-state index is 14.2. The van der Waals surface area contributed by atoms with Crippen LogP contribution in [0.3, 0.4) is 0 Å². The quantitative estimate of drug-likeness (QED) is 0.0581. The summed E-state index contributed by atoms with van der Waals surface area (Å²) in [5, 5.41) is 29.6. The Morgan fingerprint density at radius 1 is 0.467 bits per heavy atom. The van der Waals surface area contributed by atoms with Crippen LogP contribution in [-0.4, -0.2) is 57.4 Å². The number of carbonyl (C=O) groups excluding carboxylic acids is 2. The Bertz CT molecular complexity index is 1070. The average Bonchev–Trinajstić information content (AvgIpc) is 3.14. The first kappa shape index (κ1) is 54.9. The predicted octanol–water partition coefficient (Wildman–Crippen LogP) is 12.4. The molecule has 0 N–H and O–H groups in total. The lowest BCUT2D eigenvalue weighted by Gasteiger charge is -2.63. The van der Waals surface area contributed by atoms with E-state index in [4.69, 9.17) is 9.68 Å². The summed E-state index contributed by atoms with van der Waals surface area (Å²) < 4.78 is 0. The van der Waals surface area contributed by atoms with Crippen molar-refractivity contribution in [2.75, 3.05) is 13.2 Å². The Morgan fingerprint density at radius 3 is 1.05 bits per heavy atom. The lowest BCUT2D eigenvalue weighted by Crippen LogP contribution is -2.68. The second kappa shape index (κ2) is 27.9. The third kappa shape index (κ3) is 18.5.